The molecule has 1 aromatic heterocycles. The molecule has 5 heteroatoms. The van der Waals surface area contributed by atoms with Gasteiger partial charge in [-0.05, 0) is 18.9 Å². The molecule has 0 atom stereocenters. The lowest BCUT2D eigenvalue weighted by Gasteiger charge is -2.21. The van der Waals surface area contributed by atoms with Crippen molar-refractivity contribution in [3.8, 4) is 0 Å². The molecule has 17 heavy (non-hydrogen) atoms. The van der Waals surface area contributed by atoms with Crippen LogP contribution in [0.3, 0.4) is 0 Å². The van der Waals surface area contributed by atoms with E-state index < -0.39 is 0 Å². The number of anilines is 2. The van der Waals surface area contributed by atoms with Crippen LogP contribution in [0.15, 0.2) is 18.5 Å². The molecule has 2 amide bonds. The van der Waals surface area contributed by atoms with Gasteiger partial charge in [-0.15, -0.1) is 0 Å². The molecular formula is C12H18N4O. The molecule has 1 saturated heterocycles. The molecule has 0 bridgehead atoms. The normalized spacial score (nSPS) is 16.4. The van der Waals surface area contributed by atoms with Crippen molar-refractivity contribution in [1.82, 2.24) is 9.88 Å². The third-order valence-corrected chi connectivity index (χ3v) is 2.99. The quantitative estimate of drug-likeness (QED) is 0.781. The van der Waals surface area contributed by atoms with Gasteiger partial charge in [0.1, 0.15) is 0 Å². The van der Waals surface area contributed by atoms with Gasteiger partial charge >= 0.3 is 6.03 Å². The number of pyridine rings is 1. The van der Waals surface area contributed by atoms with E-state index in [1.54, 1.807) is 12.3 Å². The molecule has 0 unspecified atom stereocenters. The molecule has 3 N–H and O–H groups in total. The number of nitrogens with one attached hydrogen (secondary N) is 1. The van der Waals surface area contributed by atoms with Crippen molar-refractivity contribution < 1.29 is 4.79 Å². The number of carbonyl (C=O) groups is 1. The summed E-state index contributed by atoms with van der Waals surface area (Å²) in [5.74, 6) is 0. The van der Waals surface area contributed by atoms with Crippen LogP contribution in [0.1, 0.15) is 25.7 Å². The van der Waals surface area contributed by atoms with E-state index in [2.05, 4.69) is 10.3 Å². The summed E-state index contributed by atoms with van der Waals surface area (Å²) in [5.41, 5.74) is 6.86. The van der Waals surface area contributed by atoms with Gasteiger partial charge in [0, 0.05) is 19.3 Å². The first-order valence-electron chi connectivity index (χ1n) is 6.03. The lowest BCUT2D eigenvalue weighted by Crippen LogP contribution is -2.35. The standard InChI is InChI=1S/C12H18N4O/c13-10-9-14-6-5-11(10)15-12(17)16-7-3-1-2-4-8-16/h5-6,9H,1-4,7-8,13H2,(H,14,15,17). The zero-order chi connectivity index (χ0) is 12.1. The van der Waals surface area contributed by atoms with Crippen molar-refractivity contribution in [2.24, 2.45) is 0 Å². The van der Waals surface area contributed by atoms with Crippen molar-refractivity contribution in [3.05, 3.63) is 18.5 Å². The van der Waals surface area contributed by atoms with Crippen molar-refractivity contribution in [2.75, 3.05) is 24.1 Å². The van der Waals surface area contributed by atoms with Gasteiger partial charge < -0.3 is 16.0 Å². The van der Waals surface area contributed by atoms with Crippen molar-refractivity contribution >= 4 is 17.4 Å². The largest absolute Gasteiger partial charge is 0.396 e. The van der Waals surface area contributed by atoms with Crippen molar-refractivity contribution in [1.29, 1.82) is 0 Å². The Morgan fingerprint density at radius 3 is 2.65 bits per heavy atom. The molecule has 0 aromatic carbocycles. The van der Waals surface area contributed by atoms with Crippen LogP contribution in [0.4, 0.5) is 16.2 Å². The maximum atomic E-state index is 12.0. The maximum Gasteiger partial charge on any atom is 0.321 e. The molecule has 0 radical (unpaired) electrons. The first-order valence-corrected chi connectivity index (χ1v) is 6.03. The van der Waals surface area contributed by atoms with E-state index in [1.165, 1.54) is 19.0 Å². The van der Waals surface area contributed by atoms with Crippen LogP contribution in [0.5, 0.6) is 0 Å². The summed E-state index contributed by atoms with van der Waals surface area (Å²) in [6.45, 7) is 1.66. The van der Waals surface area contributed by atoms with E-state index in [0.29, 0.717) is 11.4 Å². The number of nitrogens with two attached hydrogens (primary N) is 1. The Balaban J connectivity index is 1.98. The van der Waals surface area contributed by atoms with E-state index in [-0.39, 0.29) is 6.03 Å². The fraction of sp³-hybridized carbons (Fsp3) is 0.500. The molecule has 1 aliphatic rings. The number of urea groups is 1. The second-order valence-electron chi connectivity index (χ2n) is 4.29. The van der Waals surface area contributed by atoms with Crippen LogP contribution in [-0.2, 0) is 0 Å². The zero-order valence-electron chi connectivity index (χ0n) is 9.85. The number of hydrogen-bond acceptors (Lipinski definition) is 3. The summed E-state index contributed by atoms with van der Waals surface area (Å²) in [5, 5.41) is 2.83. The van der Waals surface area contributed by atoms with Crippen LogP contribution < -0.4 is 11.1 Å². The fourth-order valence-electron chi connectivity index (χ4n) is 1.99. The second-order valence-corrected chi connectivity index (χ2v) is 4.29. The van der Waals surface area contributed by atoms with Gasteiger partial charge in [-0.3, -0.25) is 4.98 Å². The third kappa shape index (κ3) is 3.09. The van der Waals surface area contributed by atoms with Gasteiger partial charge in [0.15, 0.2) is 0 Å². The van der Waals surface area contributed by atoms with Crippen molar-refractivity contribution in [3.63, 3.8) is 0 Å². The molecular weight excluding hydrogens is 216 g/mol. The number of hydrogen-bond donors (Lipinski definition) is 2. The van der Waals surface area contributed by atoms with Gasteiger partial charge in [-0.25, -0.2) is 4.79 Å². The van der Waals surface area contributed by atoms with E-state index >= 15 is 0 Å². The molecule has 0 aliphatic carbocycles. The third-order valence-electron chi connectivity index (χ3n) is 2.99. The first-order chi connectivity index (χ1) is 8.27. The number of nitrogens with zero attached hydrogens (tertiary/aromatic N) is 2. The smallest absolute Gasteiger partial charge is 0.321 e. The Kier molecular flexibility index (Phi) is 3.80. The Morgan fingerprint density at radius 1 is 1.29 bits per heavy atom. The SMILES string of the molecule is Nc1cnccc1NC(=O)N1CCCCCC1. The number of carbonyl (C=O) groups excluding carboxylic acids is 1. The summed E-state index contributed by atoms with van der Waals surface area (Å²) in [6, 6.07) is 1.65. The lowest BCUT2D eigenvalue weighted by molar-refractivity contribution is 0.214. The minimum Gasteiger partial charge on any atom is -0.396 e. The summed E-state index contributed by atoms with van der Waals surface area (Å²) in [7, 11) is 0. The summed E-state index contributed by atoms with van der Waals surface area (Å²) in [4.78, 5) is 17.8. The molecule has 5 nitrogen and oxygen atoms in total. The van der Waals surface area contributed by atoms with Gasteiger partial charge in [0.2, 0.25) is 0 Å². The fourth-order valence-corrected chi connectivity index (χ4v) is 1.99. The van der Waals surface area contributed by atoms with E-state index in [1.807, 2.05) is 4.90 Å². The topological polar surface area (TPSA) is 71.2 Å². The molecule has 92 valence electrons. The van der Waals surface area contributed by atoms with Crippen LogP contribution in [0, 0.1) is 0 Å². The van der Waals surface area contributed by atoms with Crippen LogP contribution in [0.25, 0.3) is 0 Å². The molecule has 0 saturated carbocycles. The number of likely N-dealkylation sites (tertiary alicyclic amines) is 1. The maximum absolute atomic E-state index is 12.0. The number of amides is 2. The predicted octanol–water partition coefficient (Wildman–Crippen LogP) is 2.07. The molecule has 2 heterocycles. The number of rotatable bonds is 1. The highest BCUT2D eigenvalue weighted by atomic mass is 16.2. The van der Waals surface area contributed by atoms with Crippen LogP contribution in [-0.4, -0.2) is 29.0 Å². The summed E-state index contributed by atoms with van der Waals surface area (Å²) >= 11 is 0. The molecule has 2 rings (SSSR count). The van der Waals surface area contributed by atoms with Crippen LogP contribution in [0.2, 0.25) is 0 Å². The highest BCUT2D eigenvalue weighted by Gasteiger charge is 2.15. The number of nitrogen functional groups attached to an aromatic ring is 1. The van der Waals surface area contributed by atoms with Gasteiger partial charge in [-0.1, -0.05) is 12.8 Å². The first kappa shape index (κ1) is 11.7. The molecule has 1 aromatic rings. The summed E-state index contributed by atoms with van der Waals surface area (Å²) < 4.78 is 0. The van der Waals surface area contributed by atoms with E-state index in [9.17, 15) is 4.79 Å². The Labute approximate surface area is 101 Å². The van der Waals surface area contributed by atoms with Gasteiger partial charge in [0.25, 0.3) is 0 Å². The molecule has 1 fully saturated rings. The second kappa shape index (κ2) is 5.52. The van der Waals surface area contributed by atoms with E-state index in [0.717, 1.165) is 25.9 Å². The van der Waals surface area contributed by atoms with Crippen molar-refractivity contribution in [2.45, 2.75) is 25.7 Å². The highest BCUT2D eigenvalue weighted by Crippen LogP contribution is 2.17. The Hall–Kier alpha value is -1.78. The minimum atomic E-state index is -0.0650. The Bertz CT molecular complexity index is 386. The zero-order valence-corrected chi connectivity index (χ0v) is 9.85. The number of aromatic nitrogens is 1. The average Bonchev–Trinajstić information content (AvgIpc) is 2.61. The highest BCUT2D eigenvalue weighted by molar-refractivity contribution is 5.92. The van der Waals surface area contributed by atoms with Crippen LogP contribution >= 0.6 is 0 Å². The molecule has 0 spiro atoms. The predicted molar refractivity (Wildman–Crippen MR) is 67.7 cm³/mol. The van der Waals surface area contributed by atoms with Gasteiger partial charge in [0.05, 0.1) is 17.6 Å². The lowest BCUT2D eigenvalue weighted by atomic mass is 10.2. The summed E-state index contributed by atoms with van der Waals surface area (Å²) in [6.07, 6.45) is 7.74. The molecule has 1 aliphatic heterocycles. The Morgan fingerprint density at radius 2 is 2.00 bits per heavy atom. The van der Waals surface area contributed by atoms with Gasteiger partial charge in [-0.2, -0.15) is 0 Å². The average molecular weight is 234 g/mol. The monoisotopic (exact) mass is 234 g/mol. The van der Waals surface area contributed by atoms with E-state index in [4.69, 9.17) is 5.73 Å². The minimum absolute atomic E-state index is 0.0650.